The Bertz CT molecular complexity index is 531. The van der Waals surface area contributed by atoms with Crippen molar-refractivity contribution in [3.8, 4) is 0 Å². The van der Waals surface area contributed by atoms with Crippen LogP contribution in [0.4, 0.5) is 0 Å². The molecule has 2 unspecified atom stereocenters. The van der Waals surface area contributed by atoms with Crippen LogP contribution < -0.4 is 0 Å². The molecule has 22 heavy (non-hydrogen) atoms. The minimum atomic E-state index is -0.536. The van der Waals surface area contributed by atoms with Crippen molar-refractivity contribution in [2.24, 2.45) is 11.3 Å². The molecule has 1 saturated carbocycles. The summed E-state index contributed by atoms with van der Waals surface area (Å²) in [6, 6.07) is 0. The lowest BCUT2D eigenvalue weighted by molar-refractivity contribution is -0.118. The van der Waals surface area contributed by atoms with Crippen molar-refractivity contribution >= 4 is 5.78 Å². The second kappa shape index (κ2) is 5.31. The van der Waals surface area contributed by atoms with Gasteiger partial charge in [0.15, 0.2) is 5.78 Å². The number of aliphatic hydroxyl groups is 1. The quantitative estimate of drug-likeness (QED) is 0.550. The Kier molecular flexibility index (Phi) is 3.85. The Hall–Kier alpha value is -0.930. The molecule has 0 amide bonds. The number of hydrogen-bond donors (Lipinski definition) is 1. The van der Waals surface area contributed by atoms with Crippen LogP contribution in [0.1, 0.15) is 59.3 Å². The van der Waals surface area contributed by atoms with Crippen molar-refractivity contribution in [3.63, 3.8) is 0 Å². The summed E-state index contributed by atoms with van der Waals surface area (Å²) in [5.41, 5.74) is 1.50. The number of hydrogen-bond acceptors (Lipinski definition) is 3. The maximum Gasteiger partial charge on any atom is 0.162 e. The number of Topliss-reactive ketones (excluding diaryl/α,β-unsaturated/α-hetero) is 1. The fourth-order valence-corrected chi connectivity index (χ4v) is 4.43. The molecule has 122 valence electrons. The van der Waals surface area contributed by atoms with E-state index >= 15 is 0 Å². The van der Waals surface area contributed by atoms with Gasteiger partial charge in [-0.3, -0.25) is 4.79 Å². The molecule has 2 bridgehead atoms. The predicted molar refractivity (Wildman–Crippen MR) is 86.5 cm³/mol. The molecule has 1 N–H and O–H groups in total. The van der Waals surface area contributed by atoms with Gasteiger partial charge in [-0.05, 0) is 55.9 Å². The van der Waals surface area contributed by atoms with Crippen LogP contribution in [0, 0.1) is 11.3 Å². The van der Waals surface area contributed by atoms with Gasteiger partial charge in [-0.25, -0.2) is 0 Å². The fourth-order valence-electron chi connectivity index (χ4n) is 4.43. The van der Waals surface area contributed by atoms with E-state index in [0.29, 0.717) is 18.8 Å². The highest BCUT2D eigenvalue weighted by Crippen LogP contribution is 2.49. The van der Waals surface area contributed by atoms with Crippen molar-refractivity contribution in [3.05, 3.63) is 23.8 Å². The van der Waals surface area contributed by atoms with Crippen molar-refractivity contribution in [1.29, 1.82) is 0 Å². The molecule has 1 aliphatic heterocycles. The molecule has 4 atom stereocenters. The number of ether oxygens (including phenoxy) is 1. The Balaban J connectivity index is 1.90. The number of ketones is 1. The Morgan fingerprint density at radius 2 is 2.05 bits per heavy atom. The first kappa shape index (κ1) is 15.9. The fraction of sp³-hybridized carbons (Fsp3) is 0.737. The monoisotopic (exact) mass is 304 g/mol. The summed E-state index contributed by atoms with van der Waals surface area (Å²) in [6.45, 7) is 10.5. The molecule has 3 heteroatoms. The molecular formula is C19H28O3. The normalized spacial score (nSPS) is 41.8. The van der Waals surface area contributed by atoms with Crippen LogP contribution >= 0.6 is 0 Å². The average molecular weight is 304 g/mol. The first-order valence-electron chi connectivity index (χ1n) is 8.50. The third-order valence-corrected chi connectivity index (χ3v) is 6.02. The summed E-state index contributed by atoms with van der Waals surface area (Å²) in [4.78, 5) is 12.8. The van der Waals surface area contributed by atoms with Crippen LogP contribution in [-0.4, -0.2) is 28.7 Å². The summed E-state index contributed by atoms with van der Waals surface area (Å²) < 4.78 is 5.72. The van der Waals surface area contributed by atoms with Gasteiger partial charge in [0.1, 0.15) is 11.7 Å². The second-order valence-electron chi connectivity index (χ2n) is 8.12. The first-order chi connectivity index (χ1) is 10.2. The zero-order valence-electron chi connectivity index (χ0n) is 14.0. The van der Waals surface area contributed by atoms with E-state index in [1.807, 2.05) is 6.92 Å². The second-order valence-corrected chi connectivity index (χ2v) is 8.12. The van der Waals surface area contributed by atoms with Gasteiger partial charge in [-0.2, -0.15) is 0 Å². The molecule has 2 aliphatic carbocycles. The van der Waals surface area contributed by atoms with E-state index in [-0.39, 0.29) is 17.3 Å². The highest BCUT2D eigenvalue weighted by molar-refractivity contribution is 5.97. The van der Waals surface area contributed by atoms with Gasteiger partial charge >= 0.3 is 0 Å². The number of aliphatic hydroxyl groups excluding tert-OH is 1. The van der Waals surface area contributed by atoms with Crippen molar-refractivity contribution in [2.45, 2.75) is 77.1 Å². The summed E-state index contributed by atoms with van der Waals surface area (Å²) >= 11 is 0. The highest BCUT2D eigenvalue weighted by Gasteiger charge is 2.57. The van der Waals surface area contributed by atoms with Gasteiger partial charge in [-0.1, -0.05) is 32.1 Å². The highest BCUT2D eigenvalue weighted by atomic mass is 16.6. The molecular weight excluding hydrogens is 276 g/mol. The van der Waals surface area contributed by atoms with E-state index in [9.17, 15) is 9.90 Å². The zero-order chi connectivity index (χ0) is 16.1. The van der Waals surface area contributed by atoms with Gasteiger partial charge in [-0.15, -0.1) is 0 Å². The van der Waals surface area contributed by atoms with Gasteiger partial charge in [0.25, 0.3) is 0 Å². The standard InChI is InChI=1S/C19H28O3/c1-12-8-9-13-6-5-7-14(18(13,2)3)16(21)11-19(4)17(22-19)15(20)10-12/h7,13,15,17,20H,1,5-6,8-11H2,2-4H3/t13-,15-,17?,19?/m0/s1. The van der Waals surface area contributed by atoms with Crippen molar-refractivity contribution in [2.75, 3.05) is 0 Å². The summed E-state index contributed by atoms with van der Waals surface area (Å²) in [6.07, 6.45) is 6.44. The SMILES string of the molecule is C=C1CC[C@@H]2CCC=C(C(=O)CC3(C)OC3[C@@H](O)C1)C2(C)C. The van der Waals surface area contributed by atoms with E-state index in [0.717, 1.165) is 36.8 Å². The lowest BCUT2D eigenvalue weighted by Crippen LogP contribution is -2.35. The minimum absolute atomic E-state index is 0.0752. The molecule has 0 aromatic carbocycles. The number of rotatable bonds is 0. The summed E-state index contributed by atoms with van der Waals surface area (Å²) in [5.74, 6) is 0.708. The lowest BCUT2D eigenvalue weighted by Gasteiger charge is -2.40. The van der Waals surface area contributed by atoms with Crippen molar-refractivity contribution in [1.82, 2.24) is 0 Å². The molecule has 0 spiro atoms. The Morgan fingerprint density at radius 1 is 1.32 bits per heavy atom. The third kappa shape index (κ3) is 2.69. The van der Waals surface area contributed by atoms with Crippen molar-refractivity contribution < 1.29 is 14.6 Å². The predicted octanol–water partition coefficient (Wildman–Crippen LogP) is 3.57. The van der Waals surface area contributed by atoms with E-state index < -0.39 is 11.7 Å². The molecule has 0 aromatic heterocycles. The molecule has 0 radical (unpaired) electrons. The lowest BCUT2D eigenvalue weighted by atomic mass is 9.64. The van der Waals surface area contributed by atoms with Crippen LogP contribution in [0.3, 0.4) is 0 Å². The molecule has 1 saturated heterocycles. The molecule has 3 aliphatic rings. The number of allylic oxidation sites excluding steroid dienone is 2. The number of carbonyl (C=O) groups is 1. The topological polar surface area (TPSA) is 49.8 Å². The number of carbonyl (C=O) groups excluding carboxylic acids is 1. The minimum Gasteiger partial charge on any atom is -0.390 e. The molecule has 3 rings (SSSR count). The molecule has 1 heterocycles. The molecule has 3 nitrogen and oxygen atoms in total. The number of fused-ring (bicyclic) bond motifs is 3. The van der Waals surface area contributed by atoms with Crippen LogP contribution in [0.2, 0.25) is 0 Å². The first-order valence-corrected chi connectivity index (χ1v) is 8.50. The molecule has 0 aromatic rings. The summed E-state index contributed by atoms with van der Waals surface area (Å²) in [7, 11) is 0. The molecule has 2 fully saturated rings. The number of epoxide rings is 1. The third-order valence-electron chi connectivity index (χ3n) is 6.02. The van der Waals surface area contributed by atoms with Crippen LogP contribution in [0.5, 0.6) is 0 Å². The Morgan fingerprint density at radius 3 is 2.77 bits per heavy atom. The average Bonchev–Trinajstić information content (AvgIpc) is 3.07. The van der Waals surface area contributed by atoms with E-state index in [4.69, 9.17) is 4.74 Å². The van der Waals surface area contributed by atoms with Gasteiger partial charge in [0.2, 0.25) is 0 Å². The van der Waals surface area contributed by atoms with Gasteiger partial charge < -0.3 is 9.84 Å². The smallest absolute Gasteiger partial charge is 0.162 e. The largest absolute Gasteiger partial charge is 0.390 e. The van der Waals surface area contributed by atoms with E-state index in [1.165, 1.54) is 0 Å². The van der Waals surface area contributed by atoms with E-state index in [2.05, 4.69) is 26.5 Å². The van der Waals surface area contributed by atoms with Crippen LogP contribution in [0.15, 0.2) is 23.8 Å². The van der Waals surface area contributed by atoms with Gasteiger partial charge in [0, 0.05) is 6.42 Å². The Labute approximate surface area is 133 Å². The zero-order valence-corrected chi connectivity index (χ0v) is 14.0. The summed E-state index contributed by atoms with van der Waals surface area (Å²) in [5, 5.41) is 10.3. The maximum atomic E-state index is 12.8. The van der Waals surface area contributed by atoms with Gasteiger partial charge in [0.05, 0.1) is 6.10 Å². The van der Waals surface area contributed by atoms with Crippen LogP contribution in [-0.2, 0) is 9.53 Å². The van der Waals surface area contributed by atoms with Crippen LogP contribution in [0.25, 0.3) is 0 Å². The maximum absolute atomic E-state index is 12.8. The van der Waals surface area contributed by atoms with E-state index in [1.54, 1.807) is 0 Å².